The Balaban J connectivity index is 1.61. The molecular weight excluding hydrogens is 662 g/mol. The number of sulfone groups is 1. The number of carbonyl (C=O) groups excluding carboxylic acids is 1. The van der Waals surface area contributed by atoms with E-state index in [1.165, 1.54) is 30.6 Å². The molecule has 48 heavy (non-hydrogen) atoms. The Morgan fingerprint density at radius 1 is 1.00 bits per heavy atom. The van der Waals surface area contributed by atoms with Crippen LogP contribution in [0.15, 0.2) is 52.4 Å². The zero-order valence-corrected chi connectivity index (χ0v) is 27.9. The van der Waals surface area contributed by atoms with Gasteiger partial charge < -0.3 is 15.5 Å². The van der Waals surface area contributed by atoms with Gasteiger partial charge in [0.05, 0.1) is 33.3 Å². The largest absolute Gasteiger partial charge is 0.398 e. The third-order valence-electron chi connectivity index (χ3n) is 9.20. The number of nitrogen functional groups attached to an aromatic ring is 1. The van der Waals surface area contributed by atoms with Gasteiger partial charge in [0.2, 0.25) is 5.91 Å². The van der Waals surface area contributed by atoms with Crippen molar-refractivity contribution in [3.05, 3.63) is 81.1 Å². The Labute approximate surface area is 280 Å². The summed E-state index contributed by atoms with van der Waals surface area (Å²) in [5.74, 6) is -2.11. The maximum atomic E-state index is 17.5. The number of carbonyl (C=O) groups is 1. The van der Waals surface area contributed by atoms with Crippen molar-refractivity contribution in [3.8, 4) is 16.8 Å². The van der Waals surface area contributed by atoms with Gasteiger partial charge in [0.15, 0.2) is 20.5 Å². The lowest BCUT2D eigenvalue weighted by atomic mass is 9.98. The molecule has 1 saturated heterocycles. The molecule has 2 saturated carbocycles. The van der Waals surface area contributed by atoms with Gasteiger partial charge in [-0.15, -0.1) is 0 Å². The lowest BCUT2D eigenvalue weighted by Gasteiger charge is -2.37. The highest BCUT2D eigenvalue weighted by atomic mass is 35.5. The Bertz CT molecular complexity index is 2160. The van der Waals surface area contributed by atoms with Crippen LogP contribution in [0.2, 0.25) is 5.02 Å². The van der Waals surface area contributed by atoms with Crippen molar-refractivity contribution in [1.82, 2.24) is 19.4 Å². The van der Waals surface area contributed by atoms with Gasteiger partial charge in [0, 0.05) is 66.5 Å². The summed E-state index contributed by atoms with van der Waals surface area (Å²) in [5, 5.41) is -0.185. The standard InChI is InChI=1S/C34H33ClF2N6O4S/c1-3-5-24(44)41-12-14-42(15-13-41)31-20-16-21(35)25(26-22(36)6-4-7-23(26)38)27(37)30(20)43(34(45)33(31)48(2,46)47)32-28(18-8-9-18)39-17-40-29(32)19-10-11-19/h3-7,16-19H,8-15,38H2,1-2H3/b5-3+. The minimum Gasteiger partial charge on any atom is -0.398 e. The molecule has 2 aliphatic carbocycles. The van der Waals surface area contributed by atoms with E-state index in [2.05, 4.69) is 9.97 Å². The second kappa shape index (κ2) is 12.0. The molecule has 14 heteroatoms. The van der Waals surface area contributed by atoms with Crippen LogP contribution >= 0.6 is 11.6 Å². The van der Waals surface area contributed by atoms with Gasteiger partial charge in [0.25, 0.3) is 5.56 Å². The van der Waals surface area contributed by atoms with Crippen molar-refractivity contribution in [2.24, 2.45) is 0 Å². The first-order valence-electron chi connectivity index (χ1n) is 15.8. The first-order chi connectivity index (χ1) is 22.9. The minimum absolute atomic E-state index is 0.0244. The van der Waals surface area contributed by atoms with Gasteiger partial charge in [-0.1, -0.05) is 23.7 Å². The summed E-state index contributed by atoms with van der Waals surface area (Å²) in [5.41, 5.74) is 5.49. The maximum Gasteiger partial charge on any atom is 0.276 e. The summed E-state index contributed by atoms with van der Waals surface area (Å²) >= 11 is 6.78. The number of fused-ring (bicyclic) bond motifs is 1. The number of hydrogen-bond donors (Lipinski definition) is 1. The number of hydrogen-bond acceptors (Lipinski definition) is 8. The van der Waals surface area contributed by atoms with Crippen LogP contribution in [0.1, 0.15) is 55.8 Å². The van der Waals surface area contributed by atoms with Crippen molar-refractivity contribution >= 4 is 49.6 Å². The molecule has 3 aliphatic rings. The van der Waals surface area contributed by atoms with E-state index in [1.54, 1.807) is 22.8 Å². The SMILES string of the molecule is C/C=C/C(=O)N1CCN(c2c(S(C)(=O)=O)c(=O)n(-c3c(C4CC4)ncnc3C3CC3)c3c(F)c(-c4c(N)cccc4F)c(Cl)cc23)CC1. The average molecular weight is 695 g/mol. The second-order valence-electron chi connectivity index (χ2n) is 12.6. The molecule has 4 aromatic rings. The first kappa shape index (κ1) is 32.2. The number of rotatable bonds is 7. The van der Waals surface area contributed by atoms with Gasteiger partial charge in [-0.3, -0.25) is 14.2 Å². The van der Waals surface area contributed by atoms with Crippen LogP contribution in [0.3, 0.4) is 0 Å². The molecule has 10 nitrogen and oxygen atoms in total. The molecule has 7 rings (SSSR count). The van der Waals surface area contributed by atoms with Crippen LogP contribution < -0.4 is 16.2 Å². The van der Waals surface area contributed by atoms with Crippen LogP contribution in [-0.2, 0) is 14.6 Å². The highest BCUT2D eigenvalue weighted by Crippen LogP contribution is 2.49. The topological polar surface area (TPSA) is 131 Å². The van der Waals surface area contributed by atoms with Crippen molar-refractivity contribution in [1.29, 1.82) is 0 Å². The first-order valence-corrected chi connectivity index (χ1v) is 18.1. The third kappa shape index (κ3) is 5.42. The normalized spacial score (nSPS) is 17.1. The molecule has 0 unspecified atom stereocenters. The summed E-state index contributed by atoms with van der Waals surface area (Å²) in [6.07, 6.45) is 8.60. The highest BCUT2D eigenvalue weighted by Gasteiger charge is 2.39. The summed E-state index contributed by atoms with van der Waals surface area (Å²) in [4.78, 5) is 39.3. The molecule has 3 heterocycles. The Morgan fingerprint density at radius 2 is 1.62 bits per heavy atom. The quantitative estimate of drug-likeness (QED) is 0.203. The average Bonchev–Trinajstić information content (AvgIpc) is 3.96. The Morgan fingerprint density at radius 3 is 2.17 bits per heavy atom. The van der Waals surface area contributed by atoms with Gasteiger partial charge in [-0.05, 0) is 56.9 Å². The number of pyridine rings is 1. The number of nitrogens with two attached hydrogens (primary N) is 1. The smallest absolute Gasteiger partial charge is 0.276 e. The van der Waals surface area contributed by atoms with E-state index in [0.29, 0.717) is 11.4 Å². The van der Waals surface area contributed by atoms with Gasteiger partial charge in [-0.2, -0.15) is 0 Å². The van der Waals surface area contributed by atoms with E-state index >= 15 is 8.78 Å². The number of piperazine rings is 1. The highest BCUT2D eigenvalue weighted by molar-refractivity contribution is 7.90. The molecule has 0 radical (unpaired) electrons. The van der Waals surface area contributed by atoms with E-state index in [4.69, 9.17) is 17.3 Å². The molecule has 0 atom stereocenters. The minimum atomic E-state index is -4.26. The van der Waals surface area contributed by atoms with Crippen molar-refractivity contribution in [2.45, 2.75) is 49.3 Å². The number of allylic oxidation sites excluding steroid dienone is 1. The van der Waals surface area contributed by atoms with Crippen LogP contribution in [0.25, 0.3) is 27.7 Å². The van der Waals surface area contributed by atoms with Gasteiger partial charge in [0.1, 0.15) is 12.1 Å². The third-order valence-corrected chi connectivity index (χ3v) is 10.6. The van der Waals surface area contributed by atoms with Crippen LogP contribution in [-0.4, -0.2) is 66.2 Å². The molecule has 2 aromatic heterocycles. The van der Waals surface area contributed by atoms with E-state index in [0.717, 1.165) is 42.6 Å². The number of halogens is 3. The molecule has 250 valence electrons. The fourth-order valence-electron chi connectivity index (χ4n) is 6.68. The predicted molar refractivity (Wildman–Crippen MR) is 181 cm³/mol. The van der Waals surface area contributed by atoms with Crippen LogP contribution in [0, 0.1) is 11.6 Å². The summed E-state index contributed by atoms with van der Waals surface area (Å²) < 4.78 is 61.3. The van der Waals surface area contributed by atoms with E-state index in [1.807, 2.05) is 0 Å². The van der Waals surface area contributed by atoms with Crippen LogP contribution in [0.4, 0.5) is 20.2 Å². The van der Waals surface area contributed by atoms with Gasteiger partial charge >= 0.3 is 0 Å². The summed E-state index contributed by atoms with van der Waals surface area (Å²) in [7, 11) is -4.26. The van der Waals surface area contributed by atoms with Crippen molar-refractivity contribution in [3.63, 3.8) is 0 Å². The van der Waals surface area contributed by atoms with Crippen LogP contribution in [0.5, 0.6) is 0 Å². The molecule has 0 spiro atoms. The number of nitrogens with zero attached hydrogens (tertiary/aromatic N) is 5. The molecule has 2 N–H and O–H groups in total. The molecule has 0 bridgehead atoms. The molecular formula is C34H33ClF2N6O4S. The number of amides is 1. The summed E-state index contributed by atoms with van der Waals surface area (Å²) in [6, 6.07) is 5.31. The lowest BCUT2D eigenvalue weighted by Crippen LogP contribution is -2.49. The number of aromatic nitrogens is 3. The fourth-order valence-corrected chi connectivity index (χ4v) is 7.96. The zero-order chi connectivity index (χ0) is 34.1. The predicted octanol–water partition coefficient (Wildman–Crippen LogP) is 5.34. The number of benzene rings is 2. The van der Waals surface area contributed by atoms with E-state index in [-0.39, 0.29) is 88.0 Å². The molecule has 1 amide bonds. The summed E-state index contributed by atoms with van der Waals surface area (Å²) in [6.45, 7) is 2.49. The maximum absolute atomic E-state index is 17.5. The van der Waals surface area contributed by atoms with Gasteiger partial charge in [-0.25, -0.2) is 27.2 Å². The second-order valence-corrected chi connectivity index (χ2v) is 15.0. The van der Waals surface area contributed by atoms with E-state index < -0.39 is 31.9 Å². The molecule has 3 fully saturated rings. The lowest BCUT2D eigenvalue weighted by molar-refractivity contribution is -0.126. The van der Waals surface area contributed by atoms with Crippen molar-refractivity contribution in [2.75, 3.05) is 43.1 Å². The van der Waals surface area contributed by atoms with Crippen molar-refractivity contribution < 1.29 is 22.0 Å². The fraction of sp³-hybridized carbons (Fsp3) is 0.353. The molecule has 1 aliphatic heterocycles. The van der Waals surface area contributed by atoms with E-state index in [9.17, 15) is 18.0 Å². The Hall–Kier alpha value is -4.36. The number of anilines is 2. The molecule has 2 aromatic carbocycles. The monoisotopic (exact) mass is 694 g/mol. The zero-order valence-electron chi connectivity index (χ0n) is 26.3. The Kier molecular flexibility index (Phi) is 8.02.